The summed E-state index contributed by atoms with van der Waals surface area (Å²) in [6.07, 6.45) is 4.36. The molecule has 1 rings (SSSR count). The van der Waals surface area contributed by atoms with Crippen molar-refractivity contribution in [3.05, 3.63) is 0 Å². The number of carbonyl (C=O) groups is 1. The van der Waals surface area contributed by atoms with Crippen LogP contribution in [0.2, 0.25) is 0 Å². The van der Waals surface area contributed by atoms with E-state index in [0.717, 1.165) is 6.54 Å². The number of ether oxygens (including phenoxy) is 2. The number of rotatable bonds is 5. The average Bonchev–Trinajstić information content (AvgIpc) is 2.87. The van der Waals surface area contributed by atoms with E-state index in [-0.39, 0.29) is 0 Å². The maximum absolute atomic E-state index is 8.95. The van der Waals surface area contributed by atoms with Gasteiger partial charge in [-0.15, -0.1) is 0 Å². The zero-order valence-electron chi connectivity index (χ0n) is 12.1. The van der Waals surface area contributed by atoms with Crippen molar-refractivity contribution >= 4 is 6.47 Å². The lowest BCUT2D eigenvalue weighted by Crippen LogP contribution is -2.23. The van der Waals surface area contributed by atoms with Crippen molar-refractivity contribution in [1.29, 1.82) is 0 Å². The smallest absolute Gasteiger partial charge is 0.292 e. The summed E-state index contributed by atoms with van der Waals surface area (Å²) in [4.78, 5) is 11.4. The van der Waals surface area contributed by atoms with Crippen molar-refractivity contribution in [2.24, 2.45) is 0 Å². The fourth-order valence-electron chi connectivity index (χ4n) is 1.57. The first-order valence-electron chi connectivity index (χ1n) is 6.50. The van der Waals surface area contributed by atoms with Gasteiger partial charge in [-0.1, -0.05) is 27.2 Å². The Labute approximate surface area is 106 Å². The third-order valence-electron chi connectivity index (χ3n) is 2.49. The van der Waals surface area contributed by atoms with Gasteiger partial charge in [-0.3, -0.25) is 4.79 Å². The van der Waals surface area contributed by atoms with Crippen LogP contribution in [0.3, 0.4) is 0 Å². The van der Waals surface area contributed by atoms with E-state index < -0.39 is 0 Å². The van der Waals surface area contributed by atoms with Gasteiger partial charge in [0.05, 0.1) is 13.2 Å². The van der Waals surface area contributed by atoms with Gasteiger partial charge < -0.3 is 14.4 Å². The van der Waals surface area contributed by atoms with Crippen molar-refractivity contribution < 1.29 is 14.3 Å². The molecule has 0 spiro atoms. The predicted molar refractivity (Wildman–Crippen MR) is 71.2 cm³/mol. The number of unbranched alkanes of at least 4 members (excludes halogenated alkanes) is 1. The Bertz CT molecular complexity index is 154. The minimum atomic E-state index is 0.375. The molecule has 1 unspecified atom stereocenters. The number of carbonyl (C=O) groups excluding carboxylic acids is 1. The van der Waals surface area contributed by atoms with E-state index in [0.29, 0.717) is 12.6 Å². The lowest BCUT2D eigenvalue weighted by atomic mass is 10.3. The fraction of sp³-hybridized carbons (Fsp3) is 0.923. The van der Waals surface area contributed by atoms with E-state index in [1.165, 1.54) is 39.5 Å². The van der Waals surface area contributed by atoms with Crippen molar-refractivity contribution in [2.75, 3.05) is 33.9 Å². The van der Waals surface area contributed by atoms with Crippen LogP contribution in [0.25, 0.3) is 0 Å². The van der Waals surface area contributed by atoms with Gasteiger partial charge in [-0.05, 0) is 19.4 Å². The Hall–Kier alpha value is -0.610. The first kappa shape index (κ1) is 18.7. The van der Waals surface area contributed by atoms with E-state index >= 15 is 0 Å². The Morgan fingerprint density at radius 2 is 1.94 bits per heavy atom. The van der Waals surface area contributed by atoms with E-state index in [1.807, 2.05) is 21.0 Å². The van der Waals surface area contributed by atoms with Crippen LogP contribution in [0.15, 0.2) is 0 Å². The van der Waals surface area contributed by atoms with Gasteiger partial charge in [-0.2, -0.15) is 0 Å². The van der Waals surface area contributed by atoms with Crippen LogP contribution >= 0.6 is 0 Å². The number of likely N-dealkylation sites (tertiary alicyclic amines) is 1. The van der Waals surface area contributed by atoms with Gasteiger partial charge in [-0.25, -0.2) is 0 Å². The molecule has 1 atom stereocenters. The van der Waals surface area contributed by atoms with Gasteiger partial charge in [0.15, 0.2) is 0 Å². The maximum atomic E-state index is 8.95. The van der Waals surface area contributed by atoms with Crippen molar-refractivity contribution in [3.63, 3.8) is 0 Å². The van der Waals surface area contributed by atoms with Crippen molar-refractivity contribution in [1.82, 2.24) is 4.90 Å². The normalized spacial score (nSPS) is 18.5. The second-order valence-electron chi connectivity index (χ2n) is 3.63. The topological polar surface area (TPSA) is 38.8 Å². The summed E-state index contributed by atoms with van der Waals surface area (Å²) in [7, 11) is 3.13. The molecule has 4 heteroatoms. The first-order chi connectivity index (χ1) is 8.28. The number of hydrogen-bond acceptors (Lipinski definition) is 4. The fourth-order valence-corrected chi connectivity index (χ4v) is 1.57. The standard InChI is InChI=1S/C9H19NO.C2H4O2.C2H6/c1-3-4-6-10-7-5-9(8-10)11-2;1-4-2-3;1-2/h9H,3-8H2,1-2H3;2H,1H3;1-2H3. The summed E-state index contributed by atoms with van der Waals surface area (Å²) >= 11 is 0. The molecular weight excluding hydrogens is 218 g/mol. The molecule has 0 radical (unpaired) electrons. The minimum absolute atomic E-state index is 0.375. The highest BCUT2D eigenvalue weighted by molar-refractivity contribution is 5.36. The van der Waals surface area contributed by atoms with Gasteiger partial charge in [0, 0.05) is 20.2 Å². The van der Waals surface area contributed by atoms with Gasteiger partial charge in [0.1, 0.15) is 0 Å². The number of methoxy groups -OCH3 is 2. The molecule has 1 aliphatic rings. The number of hydrogen-bond donors (Lipinski definition) is 0. The second kappa shape index (κ2) is 15.4. The molecule has 0 aromatic rings. The Balaban J connectivity index is 0. The highest BCUT2D eigenvalue weighted by atomic mass is 16.5. The monoisotopic (exact) mass is 247 g/mol. The van der Waals surface area contributed by atoms with Crippen LogP contribution < -0.4 is 0 Å². The highest BCUT2D eigenvalue weighted by Crippen LogP contribution is 2.11. The van der Waals surface area contributed by atoms with Crippen LogP contribution in [-0.4, -0.2) is 51.3 Å². The molecule has 1 saturated heterocycles. The molecule has 1 aliphatic heterocycles. The lowest BCUT2D eigenvalue weighted by Gasteiger charge is -2.14. The number of nitrogens with zero attached hydrogens (tertiary/aromatic N) is 1. The van der Waals surface area contributed by atoms with E-state index in [1.54, 1.807) is 0 Å². The molecule has 0 aromatic carbocycles. The van der Waals surface area contributed by atoms with Crippen LogP contribution in [-0.2, 0) is 14.3 Å². The largest absolute Gasteiger partial charge is 0.471 e. The Morgan fingerprint density at radius 1 is 1.35 bits per heavy atom. The van der Waals surface area contributed by atoms with Gasteiger partial charge in [0.25, 0.3) is 6.47 Å². The van der Waals surface area contributed by atoms with Crippen LogP contribution in [0.5, 0.6) is 0 Å². The third-order valence-corrected chi connectivity index (χ3v) is 2.49. The predicted octanol–water partition coefficient (Wildman–Crippen LogP) is 2.32. The molecule has 0 N–H and O–H groups in total. The molecule has 1 fully saturated rings. The van der Waals surface area contributed by atoms with Crippen molar-refractivity contribution in [2.45, 2.75) is 46.1 Å². The summed E-state index contributed by atoms with van der Waals surface area (Å²) in [6, 6.07) is 0. The van der Waals surface area contributed by atoms with E-state index in [9.17, 15) is 0 Å². The molecule has 0 saturated carbocycles. The van der Waals surface area contributed by atoms with Crippen LogP contribution in [0.4, 0.5) is 0 Å². The molecule has 1 heterocycles. The van der Waals surface area contributed by atoms with Crippen LogP contribution in [0, 0.1) is 0 Å². The van der Waals surface area contributed by atoms with Gasteiger partial charge >= 0.3 is 0 Å². The molecular formula is C13H29NO3. The average molecular weight is 247 g/mol. The highest BCUT2D eigenvalue weighted by Gasteiger charge is 2.20. The summed E-state index contributed by atoms with van der Waals surface area (Å²) in [5.41, 5.74) is 0. The molecule has 0 amide bonds. The zero-order chi connectivity index (χ0) is 13.5. The lowest BCUT2D eigenvalue weighted by molar-refractivity contribution is -0.126. The summed E-state index contributed by atoms with van der Waals surface area (Å²) < 4.78 is 9.14. The second-order valence-corrected chi connectivity index (χ2v) is 3.63. The van der Waals surface area contributed by atoms with E-state index in [4.69, 9.17) is 9.53 Å². The van der Waals surface area contributed by atoms with Crippen LogP contribution in [0.1, 0.15) is 40.0 Å². The maximum Gasteiger partial charge on any atom is 0.292 e. The Morgan fingerprint density at radius 3 is 2.29 bits per heavy atom. The summed E-state index contributed by atoms with van der Waals surface area (Å²) in [5.74, 6) is 0. The first-order valence-corrected chi connectivity index (χ1v) is 6.50. The SMILES string of the molecule is CC.CCCCN1CCC(OC)C1.COC=O. The van der Waals surface area contributed by atoms with Gasteiger partial charge in [0.2, 0.25) is 0 Å². The molecule has 4 nitrogen and oxygen atoms in total. The van der Waals surface area contributed by atoms with Crippen molar-refractivity contribution in [3.8, 4) is 0 Å². The molecule has 0 aromatic heterocycles. The third kappa shape index (κ3) is 11.6. The molecule has 104 valence electrons. The zero-order valence-corrected chi connectivity index (χ0v) is 12.1. The molecule has 0 bridgehead atoms. The Kier molecular flexibility index (Phi) is 17.0. The molecule has 17 heavy (non-hydrogen) atoms. The quantitative estimate of drug-likeness (QED) is 0.699. The minimum Gasteiger partial charge on any atom is -0.471 e. The van der Waals surface area contributed by atoms with E-state index in [2.05, 4.69) is 16.6 Å². The summed E-state index contributed by atoms with van der Waals surface area (Å²) in [6.45, 7) is 10.3. The summed E-state index contributed by atoms with van der Waals surface area (Å²) in [5, 5.41) is 0. The molecule has 0 aliphatic carbocycles.